The Balaban J connectivity index is 0.000000720. The molecule has 3 heterocycles. The summed E-state index contributed by atoms with van der Waals surface area (Å²) in [5, 5.41) is 0. The Morgan fingerprint density at radius 3 is 1.83 bits per heavy atom. The van der Waals surface area contributed by atoms with Crippen LogP contribution in [-0.2, 0) is 4.79 Å². The number of nitrogens with two attached hydrogens (primary N) is 1. The predicted octanol–water partition coefficient (Wildman–Crippen LogP) is 0.379. The average molecular weight is 191 g/mol. The van der Waals surface area contributed by atoms with Gasteiger partial charge in [0.15, 0.2) is 0 Å². The van der Waals surface area contributed by atoms with Crippen LogP contribution in [0.3, 0.4) is 0 Å². The second kappa shape index (κ2) is 3.23. The Hall–Kier alpha value is -0.280. The number of hydrogen-bond acceptors (Lipinski definition) is 2. The summed E-state index contributed by atoms with van der Waals surface area (Å²) >= 11 is 0. The lowest BCUT2D eigenvalue weighted by molar-refractivity contribution is -0.134. The first-order valence-corrected chi connectivity index (χ1v) is 4.25. The number of amides is 1. The first kappa shape index (κ1) is 9.81. The maximum absolute atomic E-state index is 11.1. The van der Waals surface area contributed by atoms with Crippen molar-refractivity contribution >= 4 is 18.3 Å². The van der Waals surface area contributed by atoms with E-state index >= 15 is 0 Å². The lowest BCUT2D eigenvalue weighted by Crippen LogP contribution is -2.53. The summed E-state index contributed by atoms with van der Waals surface area (Å²) in [6.45, 7) is 3.22. The highest BCUT2D eigenvalue weighted by molar-refractivity contribution is 5.85. The van der Waals surface area contributed by atoms with Crippen LogP contribution in [-0.4, -0.2) is 30.4 Å². The number of piperidine rings is 3. The molecule has 0 aromatic heterocycles. The van der Waals surface area contributed by atoms with Gasteiger partial charge < -0.3 is 10.6 Å². The van der Waals surface area contributed by atoms with Gasteiger partial charge in [-0.3, -0.25) is 4.79 Å². The first-order valence-electron chi connectivity index (χ1n) is 4.25. The molecule has 3 nitrogen and oxygen atoms in total. The standard InChI is InChI=1S/C8H14N2O.ClH/c9-7(11)8-1-4-10(5-2-8)6-3-8;/h1-6H2,(H2,9,11);1H. The highest BCUT2D eigenvalue weighted by Crippen LogP contribution is 2.39. The van der Waals surface area contributed by atoms with Crippen molar-refractivity contribution < 1.29 is 4.79 Å². The smallest absolute Gasteiger partial charge is 0.223 e. The summed E-state index contributed by atoms with van der Waals surface area (Å²) < 4.78 is 0. The molecule has 0 saturated carbocycles. The van der Waals surface area contributed by atoms with Crippen molar-refractivity contribution in [1.29, 1.82) is 0 Å². The van der Waals surface area contributed by atoms with Crippen molar-refractivity contribution in [2.75, 3.05) is 19.6 Å². The molecule has 70 valence electrons. The molecular formula is C8H15ClN2O. The Kier molecular flexibility index (Phi) is 2.64. The highest BCUT2D eigenvalue weighted by Gasteiger charge is 2.43. The third-order valence-electron chi connectivity index (χ3n) is 3.24. The van der Waals surface area contributed by atoms with Gasteiger partial charge >= 0.3 is 0 Å². The van der Waals surface area contributed by atoms with E-state index in [1.165, 1.54) is 0 Å². The molecule has 0 unspecified atom stereocenters. The van der Waals surface area contributed by atoms with E-state index in [0.29, 0.717) is 0 Å². The van der Waals surface area contributed by atoms with E-state index in [1.54, 1.807) is 0 Å². The van der Waals surface area contributed by atoms with Gasteiger partial charge in [0.05, 0.1) is 5.41 Å². The fourth-order valence-electron chi connectivity index (χ4n) is 2.20. The maximum Gasteiger partial charge on any atom is 0.223 e. The summed E-state index contributed by atoms with van der Waals surface area (Å²) in [6.07, 6.45) is 2.97. The zero-order valence-electron chi connectivity index (χ0n) is 7.08. The van der Waals surface area contributed by atoms with E-state index in [9.17, 15) is 4.79 Å². The molecule has 3 aliphatic heterocycles. The fraction of sp³-hybridized carbons (Fsp3) is 0.875. The number of halogens is 1. The van der Waals surface area contributed by atoms with Crippen molar-refractivity contribution in [2.24, 2.45) is 11.1 Å². The molecule has 0 spiro atoms. The van der Waals surface area contributed by atoms with Gasteiger partial charge in [-0.1, -0.05) is 0 Å². The lowest BCUT2D eigenvalue weighted by Gasteiger charge is -2.46. The highest BCUT2D eigenvalue weighted by atomic mass is 35.5. The molecule has 12 heavy (non-hydrogen) atoms. The molecule has 2 N–H and O–H groups in total. The molecule has 2 bridgehead atoms. The van der Waals surface area contributed by atoms with Crippen LogP contribution >= 0.6 is 12.4 Å². The molecule has 0 aromatic rings. The minimum Gasteiger partial charge on any atom is -0.369 e. The van der Waals surface area contributed by atoms with Gasteiger partial charge in [0, 0.05) is 0 Å². The quantitative estimate of drug-likeness (QED) is 0.650. The lowest BCUT2D eigenvalue weighted by atomic mass is 9.71. The third kappa shape index (κ3) is 1.31. The van der Waals surface area contributed by atoms with Crippen molar-refractivity contribution in [3.05, 3.63) is 0 Å². The number of fused-ring (bicyclic) bond motifs is 3. The molecule has 3 fully saturated rings. The predicted molar refractivity (Wildman–Crippen MR) is 49.2 cm³/mol. The average Bonchev–Trinajstić information content (AvgIpc) is 2.08. The summed E-state index contributed by atoms with van der Waals surface area (Å²) in [7, 11) is 0. The van der Waals surface area contributed by atoms with Crippen molar-refractivity contribution in [2.45, 2.75) is 19.3 Å². The van der Waals surface area contributed by atoms with Gasteiger partial charge in [-0.05, 0) is 38.9 Å². The molecule has 0 aliphatic carbocycles. The van der Waals surface area contributed by atoms with Gasteiger partial charge in [0.2, 0.25) is 5.91 Å². The van der Waals surface area contributed by atoms with Gasteiger partial charge in [-0.15, -0.1) is 12.4 Å². The van der Waals surface area contributed by atoms with Crippen LogP contribution < -0.4 is 5.73 Å². The zero-order valence-corrected chi connectivity index (χ0v) is 7.90. The van der Waals surface area contributed by atoms with Crippen LogP contribution in [0.5, 0.6) is 0 Å². The topological polar surface area (TPSA) is 46.3 Å². The summed E-state index contributed by atoms with van der Waals surface area (Å²) in [6, 6.07) is 0. The summed E-state index contributed by atoms with van der Waals surface area (Å²) in [4.78, 5) is 13.5. The zero-order chi connectivity index (χ0) is 7.90. The number of hydrogen-bond donors (Lipinski definition) is 1. The minimum absolute atomic E-state index is 0. The van der Waals surface area contributed by atoms with E-state index in [2.05, 4.69) is 4.90 Å². The van der Waals surface area contributed by atoms with E-state index in [1.807, 2.05) is 0 Å². The number of carbonyl (C=O) groups is 1. The molecule has 0 atom stereocenters. The minimum atomic E-state index is -0.116. The summed E-state index contributed by atoms with van der Waals surface area (Å²) in [5.74, 6) is -0.0724. The Bertz CT molecular complexity index is 174. The second-order valence-corrected chi connectivity index (χ2v) is 3.74. The van der Waals surface area contributed by atoms with Gasteiger partial charge in [0.25, 0.3) is 0 Å². The van der Waals surface area contributed by atoms with Crippen LogP contribution in [0.1, 0.15) is 19.3 Å². The number of carbonyl (C=O) groups excluding carboxylic acids is 1. The molecule has 4 heteroatoms. The van der Waals surface area contributed by atoms with Gasteiger partial charge in [-0.25, -0.2) is 0 Å². The molecule has 0 aromatic carbocycles. The van der Waals surface area contributed by atoms with Crippen LogP contribution in [0.2, 0.25) is 0 Å². The molecule has 3 aliphatic rings. The summed E-state index contributed by atoms with van der Waals surface area (Å²) in [5.41, 5.74) is 5.26. The molecule has 0 radical (unpaired) electrons. The fourth-order valence-corrected chi connectivity index (χ4v) is 2.20. The van der Waals surface area contributed by atoms with Crippen LogP contribution in [0.15, 0.2) is 0 Å². The first-order chi connectivity index (χ1) is 5.23. The second-order valence-electron chi connectivity index (χ2n) is 3.74. The Morgan fingerprint density at radius 2 is 1.58 bits per heavy atom. The largest absolute Gasteiger partial charge is 0.369 e. The van der Waals surface area contributed by atoms with Gasteiger partial charge in [0.1, 0.15) is 0 Å². The van der Waals surface area contributed by atoms with Crippen LogP contribution in [0, 0.1) is 5.41 Å². The van der Waals surface area contributed by atoms with Crippen molar-refractivity contribution in [3.63, 3.8) is 0 Å². The van der Waals surface area contributed by atoms with Crippen molar-refractivity contribution in [1.82, 2.24) is 4.90 Å². The molecular weight excluding hydrogens is 176 g/mol. The normalized spacial score (nSPS) is 38.8. The third-order valence-corrected chi connectivity index (χ3v) is 3.24. The number of primary amides is 1. The molecule has 3 rings (SSSR count). The number of rotatable bonds is 1. The van der Waals surface area contributed by atoms with E-state index < -0.39 is 0 Å². The van der Waals surface area contributed by atoms with E-state index in [-0.39, 0.29) is 23.7 Å². The van der Waals surface area contributed by atoms with Crippen LogP contribution in [0.4, 0.5) is 0 Å². The van der Waals surface area contributed by atoms with E-state index in [0.717, 1.165) is 38.9 Å². The Labute approximate surface area is 78.7 Å². The van der Waals surface area contributed by atoms with E-state index in [4.69, 9.17) is 5.73 Å². The van der Waals surface area contributed by atoms with Gasteiger partial charge in [-0.2, -0.15) is 0 Å². The molecule has 1 amide bonds. The number of nitrogens with zero attached hydrogens (tertiary/aromatic N) is 1. The maximum atomic E-state index is 11.1. The SMILES string of the molecule is Cl.NC(=O)C12CCN(CC1)CC2. The monoisotopic (exact) mass is 190 g/mol. The molecule has 3 saturated heterocycles. The Morgan fingerprint density at radius 1 is 1.17 bits per heavy atom. The van der Waals surface area contributed by atoms with Crippen molar-refractivity contribution in [3.8, 4) is 0 Å². The van der Waals surface area contributed by atoms with Crippen LogP contribution in [0.25, 0.3) is 0 Å².